The van der Waals surface area contributed by atoms with Gasteiger partial charge in [-0.1, -0.05) is 23.7 Å². The number of aldehydes is 1. The molecule has 0 atom stereocenters. The lowest BCUT2D eigenvalue weighted by Crippen LogP contribution is -1.90. The standard InChI is InChI=1S/C10H5ClFNO/c11-10-7(5-14)4-6-2-1-3-8(12)9(6)13-10/h1-5H. The third-order valence-corrected chi connectivity index (χ3v) is 2.21. The predicted molar refractivity (Wildman–Crippen MR) is 52.1 cm³/mol. The zero-order valence-corrected chi connectivity index (χ0v) is 7.75. The van der Waals surface area contributed by atoms with Crippen LogP contribution in [0.25, 0.3) is 10.9 Å². The Hall–Kier alpha value is -1.48. The topological polar surface area (TPSA) is 30.0 Å². The number of rotatable bonds is 1. The van der Waals surface area contributed by atoms with E-state index in [9.17, 15) is 9.18 Å². The van der Waals surface area contributed by atoms with Crippen LogP contribution in [0.4, 0.5) is 4.39 Å². The van der Waals surface area contributed by atoms with Gasteiger partial charge in [-0.2, -0.15) is 0 Å². The van der Waals surface area contributed by atoms with E-state index in [1.54, 1.807) is 12.1 Å². The van der Waals surface area contributed by atoms with E-state index in [1.807, 2.05) is 0 Å². The van der Waals surface area contributed by atoms with Crippen LogP contribution in [0.15, 0.2) is 24.3 Å². The van der Waals surface area contributed by atoms with E-state index in [0.717, 1.165) is 0 Å². The second kappa shape index (κ2) is 3.35. The van der Waals surface area contributed by atoms with Gasteiger partial charge >= 0.3 is 0 Å². The minimum Gasteiger partial charge on any atom is -0.298 e. The van der Waals surface area contributed by atoms with Crippen molar-refractivity contribution in [2.75, 3.05) is 0 Å². The number of carbonyl (C=O) groups is 1. The molecule has 0 radical (unpaired) electrons. The Kier molecular flexibility index (Phi) is 2.17. The van der Waals surface area contributed by atoms with Crippen molar-refractivity contribution < 1.29 is 9.18 Å². The summed E-state index contributed by atoms with van der Waals surface area (Å²) in [4.78, 5) is 14.3. The van der Waals surface area contributed by atoms with E-state index in [-0.39, 0.29) is 16.2 Å². The highest BCUT2D eigenvalue weighted by molar-refractivity contribution is 6.32. The number of benzene rings is 1. The summed E-state index contributed by atoms with van der Waals surface area (Å²) in [7, 11) is 0. The Labute approximate surface area is 84.3 Å². The van der Waals surface area contributed by atoms with Crippen LogP contribution < -0.4 is 0 Å². The van der Waals surface area contributed by atoms with Gasteiger partial charge in [-0.05, 0) is 12.1 Å². The van der Waals surface area contributed by atoms with Crippen molar-refractivity contribution in [1.82, 2.24) is 4.98 Å². The molecule has 0 fully saturated rings. The second-order valence-corrected chi connectivity index (χ2v) is 3.16. The molecular weight excluding hydrogens is 205 g/mol. The van der Waals surface area contributed by atoms with Crippen molar-refractivity contribution in [3.63, 3.8) is 0 Å². The van der Waals surface area contributed by atoms with E-state index < -0.39 is 5.82 Å². The molecule has 2 rings (SSSR count). The molecule has 1 aromatic carbocycles. The van der Waals surface area contributed by atoms with Crippen LogP contribution in [0, 0.1) is 5.82 Å². The third kappa shape index (κ3) is 1.36. The van der Waals surface area contributed by atoms with Gasteiger partial charge < -0.3 is 0 Å². The molecule has 1 aromatic heterocycles. The van der Waals surface area contributed by atoms with Crippen LogP contribution in [0.5, 0.6) is 0 Å². The third-order valence-electron chi connectivity index (χ3n) is 1.90. The molecule has 70 valence electrons. The molecule has 0 unspecified atom stereocenters. The maximum Gasteiger partial charge on any atom is 0.153 e. The zero-order valence-electron chi connectivity index (χ0n) is 7.00. The van der Waals surface area contributed by atoms with E-state index >= 15 is 0 Å². The SMILES string of the molecule is O=Cc1cc2cccc(F)c2nc1Cl. The maximum atomic E-state index is 13.2. The number of carbonyl (C=O) groups excluding carboxylic acids is 1. The van der Waals surface area contributed by atoms with Crippen molar-refractivity contribution in [3.05, 3.63) is 40.8 Å². The fraction of sp³-hybridized carbons (Fsp3) is 0. The predicted octanol–water partition coefficient (Wildman–Crippen LogP) is 2.84. The van der Waals surface area contributed by atoms with Gasteiger partial charge in [0.2, 0.25) is 0 Å². The molecule has 0 saturated heterocycles. The summed E-state index contributed by atoms with van der Waals surface area (Å²) >= 11 is 5.67. The first-order valence-electron chi connectivity index (χ1n) is 3.92. The van der Waals surface area contributed by atoms with Crippen LogP contribution >= 0.6 is 11.6 Å². The number of pyridine rings is 1. The first-order chi connectivity index (χ1) is 6.72. The van der Waals surface area contributed by atoms with Gasteiger partial charge in [-0.25, -0.2) is 9.37 Å². The molecule has 0 aliphatic carbocycles. The summed E-state index contributed by atoms with van der Waals surface area (Å²) < 4.78 is 13.2. The van der Waals surface area contributed by atoms with Crippen molar-refractivity contribution in [2.24, 2.45) is 0 Å². The van der Waals surface area contributed by atoms with E-state index in [4.69, 9.17) is 11.6 Å². The normalized spacial score (nSPS) is 10.4. The molecule has 0 bridgehead atoms. The lowest BCUT2D eigenvalue weighted by molar-refractivity contribution is 0.112. The van der Waals surface area contributed by atoms with Gasteiger partial charge in [0.25, 0.3) is 0 Å². The molecule has 2 nitrogen and oxygen atoms in total. The zero-order chi connectivity index (χ0) is 10.1. The van der Waals surface area contributed by atoms with Crippen molar-refractivity contribution in [1.29, 1.82) is 0 Å². The average molecular weight is 210 g/mol. The number of aromatic nitrogens is 1. The number of hydrogen-bond donors (Lipinski definition) is 0. The Balaban J connectivity index is 2.85. The number of nitrogens with zero attached hydrogens (tertiary/aromatic N) is 1. The van der Waals surface area contributed by atoms with Gasteiger partial charge in [0.15, 0.2) is 6.29 Å². The maximum absolute atomic E-state index is 13.2. The van der Waals surface area contributed by atoms with Crippen molar-refractivity contribution in [2.45, 2.75) is 0 Å². The quantitative estimate of drug-likeness (QED) is 0.534. The molecule has 0 aliphatic heterocycles. The summed E-state index contributed by atoms with van der Waals surface area (Å²) in [6.07, 6.45) is 0.597. The highest BCUT2D eigenvalue weighted by Gasteiger charge is 2.06. The largest absolute Gasteiger partial charge is 0.298 e. The molecule has 0 spiro atoms. The smallest absolute Gasteiger partial charge is 0.153 e. The summed E-state index contributed by atoms with van der Waals surface area (Å²) in [5.41, 5.74) is 0.452. The molecule has 0 saturated carbocycles. The van der Waals surface area contributed by atoms with Crippen molar-refractivity contribution >= 4 is 28.8 Å². The second-order valence-electron chi connectivity index (χ2n) is 2.80. The molecule has 2 aromatic rings. The van der Waals surface area contributed by atoms with Gasteiger partial charge in [-0.15, -0.1) is 0 Å². The number of hydrogen-bond acceptors (Lipinski definition) is 2. The van der Waals surface area contributed by atoms with E-state index in [0.29, 0.717) is 11.7 Å². The van der Waals surface area contributed by atoms with E-state index in [1.165, 1.54) is 12.1 Å². The molecule has 0 N–H and O–H groups in total. The Morgan fingerprint density at radius 3 is 2.93 bits per heavy atom. The van der Waals surface area contributed by atoms with E-state index in [2.05, 4.69) is 4.98 Å². The highest BCUT2D eigenvalue weighted by Crippen LogP contribution is 2.21. The molecule has 4 heteroatoms. The Morgan fingerprint density at radius 2 is 2.21 bits per heavy atom. The highest BCUT2D eigenvalue weighted by atomic mass is 35.5. The Morgan fingerprint density at radius 1 is 1.43 bits per heavy atom. The van der Waals surface area contributed by atoms with Crippen LogP contribution in [0.1, 0.15) is 10.4 Å². The molecule has 0 aliphatic rings. The van der Waals surface area contributed by atoms with Gasteiger partial charge in [0.1, 0.15) is 16.5 Å². The molecule has 1 heterocycles. The van der Waals surface area contributed by atoms with Crippen LogP contribution in [-0.2, 0) is 0 Å². The number of halogens is 2. The number of para-hydroxylation sites is 1. The first kappa shape index (κ1) is 9.09. The van der Waals surface area contributed by atoms with Gasteiger partial charge in [-0.3, -0.25) is 4.79 Å². The van der Waals surface area contributed by atoms with Crippen LogP contribution in [0.3, 0.4) is 0 Å². The fourth-order valence-electron chi connectivity index (χ4n) is 1.24. The van der Waals surface area contributed by atoms with Crippen LogP contribution in [0.2, 0.25) is 5.15 Å². The summed E-state index contributed by atoms with van der Waals surface area (Å²) in [6, 6.07) is 6.05. The molecule has 0 amide bonds. The lowest BCUT2D eigenvalue weighted by atomic mass is 10.2. The molecular formula is C10H5ClFNO. The number of fused-ring (bicyclic) bond motifs is 1. The minimum absolute atomic E-state index is 0.0256. The minimum atomic E-state index is -0.443. The lowest BCUT2D eigenvalue weighted by Gasteiger charge is -2.00. The van der Waals surface area contributed by atoms with Crippen LogP contribution in [-0.4, -0.2) is 11.3 Å². The first-order valence-corrected chi connectivity index (χ1v) is 4.30. The molecule has 14 heavy (non-hydrogen) atoms. The van der Waals surface area contributed by atoms with Gasteiger partial charge in [0, 0.05) is 5.39 Å². The van der Waals surface area contributed by atoms with Gasteiger partial charge in [0.05, 0.1) is 5.56 Å². The summed E-state index contributed by atoms with van der Waals surface area (Å²) in [6.45, 7) is 0. The summed E-state index contributed by atoms with van der Waals surface area (Å²) in [5, 5.41) is 0.592. The van der Waals surface area contributed by atoms with Crippen molar-refractivity contribution in [3.8, 4) is 0 Å². The monoisotopic (exact) mass is 209 g/mol. The Bertz CT molecular complexity index is 513. The summed E-state index contributed by atoms with van der Waals surface area (Å²) in [5.74, 6) is -0.443. The average Bonchev–Trinajstić information content (AvgIpc) is 2.19. The fourth-order valence-corrected chi connectivity index (χ4v) is 1.42.